The molecule has 1 aromatic carbocycles. The third kappa shape index (κ3) is 2.45. The minimum Gasteiger partial charge on any atom is -0.481 e. The molecule has 0 aliphatic heterocycles. The third-order valence-corrected chi connectivity index (χ3v) is 2.61. The van der Waals surface area contributed by atoms with Crippen molar-refractivity contribution in [2.45, 2.75) is 13.5 Å². The summed E-state index contributed by atoms with van der Waals surface area (Å²) in [6.45, 7) is 2.02. The van der Waals surface area contributed by atoms with Crippen molar-refractivity contribution in [2.24, 2.45) is 0 Å². The van der Waals surface area contributed by atoms with Gasteiger partial charge in [-0.15, -0.1) is 0 Å². The van der Waals surface area contributed by atoms with Crippen molar-refractivity contribution in [3.8, 4) is 17.0 Å². The zero-order chi connectivity index (χ0) is 12.3. The van der Waals surface area contributed by atoms with Gasteiger partial charge in [-0.25, -0.2) is 4.98 Å². The summed E-state index contributed by atoms with van der Waals surface area (Å²) in [6, 6.07) is 10.0. The van der Waals surface area contributed by atoms with Crippen LogP contribution in [0.3, 0.4) is 0 Å². The Labute approximate surface area is 101 Å². The summed E-state index contributed by atoms with van der Waals surface area (Å²) in [7, 11) is 1.60. The number of benzene rings is 1. The summed E-state index contributed by atoms with van der Waals surface area (Å²) >= 11 is 0. The molecule has 1 heterocycles. The largest absolute Gasteiger partial charge is 0.481 e. The molecule has 0 unspecified atom stereocenters. The fourth-order valence-electron chi connectivity index (χ4n) is 1.76. The number of pyridine rings is 1. The number of aliphatic hydroxyl groups excluding tert-OH is 1. The first-order chi connectivity index (χ1) is 8.24. The maximum atomic E-state index is 9.15. The lowest BCUT2D eigenvalue weighted by Crippen LogP contribution is -1.94. The molecule has 0 aliphatic rings. The van der Waals surface area contributed by atoms with Crippen LogP contribution in [0.2, 0.25) is 0 Å². The fourth-order valence-corrected chi connectivity index (χ4v) is 1.76. The van der Waals surface area contributed by atoms with Crippen LogP contribution < -0.4 is 4.74 Å². The first-order valence-electron chi connectivity index (χ1n) is 5.45. The molecule has 0 radical (unpaired) electrons. The second-order valence-electron chi connectivity index (χ2n) is 3.93. The maximum absolute atomic E-state index is 9.15. The third-order valence-electron chi connectivity index (χ3n) is 2.61. The highest BCUT2D eigenvalue weighted by atomic mass is 16.5. The Hall–Kier alpha value is -1.87. The number of nitrogens with zero attached hydrogens (tertiary/aromatic N) is 1. The molecule has 0 atom stereocenters. The van der Waals surface area contributed by atoms with Crippen LogP contribution >= 0.6 is 0 Å². The van der Waals surface area contributed by atoms with Crippen LogP contribution in [0.5, 0.6) is 5.88 Å². The van der Waals surface area contributed by atoms with Crippen LogP contribution in [-0.2, 0) is 6.61 Å². The minimum atomic E-state index is -0.0180. The Bertz CT molecular complexity index is 523. The van der Waals surface area contributed by atoms with Gasteiger partial charge in [-0.2, -0.15) is 0 Å². The van der Waals surface area contributed by atoms with Crippen LogP contribution in [0.25, 0.3) is 11.1 Å². The van der Waals surface area contributed by atoms with Crippen molar-refractivity contribution in [1.29, 1.82) is 0 Å². The molecule has 0 fully saturated rings. The van der Waals surface area contributed by atoms with E-state index >= 15 is 0 Å². The molecule has 0 saturated heterocycles. The standard InChI is InChI=1S/C14H15NO2/c1-10-4-3-5-12(6-10)13-7-11(9-16)8-15-14(13)17-2/h3-8,16H,9H2,1-2H3. The van der Waals surface area contributed by atoms with E-state index in [0.29, 0.717) is 5.88 Å². The molecule has 1 aromatic heterocycles. The van der Waals surface area contributed by atoms with E-state index in [-0.39, 0.29) is 6.61 Å². The molecule has 1 N–H and O–H groups in total. The van der Waals surface area contributed by atoms with E-state index in [1.54, 1.807) is 13.3 Å². The number of methoxy groups -OCH3 is 1. The van der Waals surface area contributed by atoms with Gasteiger partial charge in [0, 0.05) is 11.8 Å². The molecule has 0 spiro atoms. The monoisotopic (exact) mass is 229 g/mol. The summed E-state index contributed by atoms with van der Waals surface area (Å²) < 4.78 is 5.25. The molecular weight excluding hydrogens is 214 g/mol. The molecule has 3 heteroatoms. The highest BCUT2D eigenvalue weighted by molar-refractivity contribution is 5.69. The topological polar surface area (TPSA) is 42.4 Å². The Balaban J connectivity index is 2.56. The van der Waals surface area contributed by atoms with Gasteiger partial charge in [0.25, 0.3) is 0 Å². The number of aromatic nitrogens is 1. The summed E-state index contributed by atoms with van der Waals surface area (Å²) in [5.74, 6) is 0.577. The molecule has 0 amide bonds. The number of aliphatic hydroxyl groups is 1. The molecule has 2 rings (SSSR count). The van der Waals surface area contributed by atoms with Crippen LogP contribution in [-0.4, -0.2) is 17.2 Å². The first-order valence-corrected chi connectivity index (χ1v) is 5.45. The fraction of sp³-hybridized carbons (Fsp3) is 0.214. The predicted octanol–water partition coefficient (Wildman–Crippen LogP) is 2.56. The molecule has 88 valence electrons. The second kappa shape index (κ2) is 4.97. The van der Waals surface area contributed by atoms with Crippen molar-refractivity contribution in [3.63, 3.8) is 0 Å². The van der Waals surface area contributed by atoms with E-state index in [4.69, 9.17) is 9.84 Å². The highest BCUT2D eigenvalue weighted by Crippen LogP contribution is 2.29. The van der Waals surface area contributed by atoms with Crippen LogP contribution in [0.15, 0.2) is 36.5 Å². The summed E-state index contributed by atoms with van der Waals surface area (Å²) in [5, 5.41) is 9.15. The highest BCUT2D eigenvalue weighted by Gasteiger charge is 2.08. The lowest BCUT2D eigenvalue weighted by Gasteiger charge is -2.09. The summed E-state index contributed by atoms with van der Waals surface area (Å²) in [4.78, 5) is 4.19. The van der Waals surface area contributed by atoms with E-state index in [9.17, 15) is 0 Å². The Morgan fingerprint density at radius 3 is 2.76 bits per heavy atom. The van der Waals surface area contributed by atoms with E-state index in [1.807, 2.05) is 31.2 Å². The van der Waals surface area contributed by atoms with Gasteiger partial charge in [0.2, 0.25) is 5.88 Å². The average Bonchev–Trinajstić information content (AvgIpc) is 2.38. The number of rotatable bonds is 3. The lowest BCUT2D eigenvalue weighted by atomic mass is 10.0. The van der Waals surface area contributed by atoms with Crippen molar-refractivity contribution < 1.29 is 9.84 Å². The minimum absolute atomic E-state index is 0.0180. The van der Waals surface area contributed by atoms with E-state index in [1.165, 1.54) is 5.56 Å². The van der Waals surface area contributed by atoms with Crippen molar-refractivity contribution in [1.82, 2.24) is 4.98 Å². The number of aryl methyl sites for hydroxylation is 1. The molecule has 3 nitrogen and oxygen atoms in total. The molecular formula is C14H15NO2. The summed E-state index contributed by atoms with van der Waals surface area (Å²) in [6.07, 6.45) is 1.62. The van der Waals surface area contributed by atoms with Gasteiger partial charge in [0.05, 0.1) is 13.7 Å². The van der Waals surface area contributed by atoms with Crippen LogP contribution in [0, 0.1) is 6.92 Å². The quantitative estimate of drug-likeness (QED) is 0.879. The molecule has 0 aliphatic carbocycles. The Morgan fingerprint density at radius 2 is 2.12 bits per heavy atom. The smallest absolute Gasteiger partial charge is 0.221 e. The maximum Gasteiger partial charge on any atom is 0.221 e. The molecule has 0 saturated carbocycles. The van der Waals surface area contributed by atoms with Crippen molar-refractivity contribution in [2.75, 3.05) is 7.11 Å². The van der Waals surface area contributed by atoms with Gasteiger partial charge in [-0.1, -0.05) is 29.8 Å². The number of hydrogen-bond donors (Lipinski definition) is 1. The number of hydrogen-bond acceptors (Lipinski definition) is 3. The Kier molecular flexibility index (Phi) is 3.40. The van der Waals surface area contributed by atoms with Gasteiger partial charge in [0.1, 0.15) is 0 Å². The second-order valence-corrected chi connectivity index (χ2v) is 3.93. The normalized spacial score (nSPS) is 10.3. The molecule has 2 aromatic rings. The van der Waals surface area contributed by atoms with Crippen molar-refractivity contribution in [3.05, 3.63) is 47.7 Å². The van der Waals surface area contributed by atoms with Gasteiger partial charge >= 0.3 is 0 Å². The number of ether oxygens (including phenoxy) is 1. The zero-order valence-corrected chi connectivity index (χ0v) is 9.97. The van der Waals surface area contributed by atoms with E-state index in [0.717, 1.165) is 16.7 Å². The van der Waals surface area contributed by atoms with E-state index in [2.05, 4.69) is 11.1 Å². The lowest BCUT2D eigenvalue weighted by molar-refractivity contribution is 0.281. The van der Waals surface area contributed by atoms with E-state index < -0.39 is 0 Å². The molecule has 17 heavy (non-hydrogen) atoms. The summed E-state index contributed by atoms with van der Waals surface area (Å²) in [5.41, 5.74) is 3.91. The van der Waals surface area contributed by atoms with Gasteiger partial charge in [-0.3, -0.25) is 0 Å². The van der Waals surface area contributed by atoms with Crippen molar-refractivity contribution >= 4 is 0 Å². The first kappa shape index (κ1) is 11.6. The van der Waals surface area contributed by atoms with Crippen LogP contribution in [0.1, 0.15) is 11.1 Å². The average molecular weight is 229 g/mol. The zero-order valence-electron chi connectivity index (χ0n) is 9.97. The van der Waals surface area contributed by atoms with Gasteiger partial charge in [-0.05, 0) is 24.1 Å². The SMILES string of the molecule is COc1ncc(CO)cc1-c1cccc(C)c1. The Morgan fingerprint density at radius 1 is 1.29 bits per heavy atom. The molecule has 0 bridgehead atoms. The van der Waals surface area contributed by atoms with Crippen LogP contribution in [0.4, 0.5) is 0 Å². The predicted molar refractivity (Wildman–Crippen MR) is 66.9 cm³/mol. The van der Waals surface area contributed by atoms with Gasteiger partial charge < -0.3 is 9.84 Å². The van der Waals surface area contributed by atoms with Gasteiger partial charge in [0.15, 0.2) is 0 Å².